The zero-order valence-corrected chi connectivity index (χ0v) is 8.97. The Morgan fingerprint density at radius 2 is 2.07 bits per heavy atom. The number of hydrogen-bond donors (Lipinski definition) is 0. The van der Waals surface area contributed by atoms with Crippen molar-refractivity contribution < 1.29 is 0 Å². The molecule has 0 aromatic heterocycles. The maximum atomic E-state index is 4.51. The molecule has 1 unspecified atom stereocenters. The topological polar surface area (TPSA) is 12.4 Å². The zero-order chi connectivity index (χ0) is 10.3. The fraction of sp³-hybridized carbons (Fsp3) is 0.357. The summed E-state index contributed by atoms with van der Waals surface area (Å²) in [5.41, 5.74) is 1.20. The molecule has 1 aliphatic carbocycles. The summed E-state index contributed by atoms with van der Waals surface area (Å²) in [4.78, 5) is 4.51. The first-order valence-electron chi connectivity index (χ1n) is 5.65. The van der Waals surface area contributed by atoms with Gasteiger partial charge in [0.1, 0.15) is 0 Å². The second-order valence-corrected chi connectivity index (χ2v) is 4.06. The van der Waals surface area contributed by atoms with Crippen molar-refractivity contribution >= 4 is 6.21 Å². The monoisotopic (exact) mass is 199 g/mol. The number of rotatable bonds is 3. The Balaban J connectivity index is 1.82. The van der Waals surface area contributed by atoms with Crippen LogP contribution in [0.25, 0.3) is 0 Å². The van der Waals surface area contributed by atoms with Gasteiger partial charge in [0.05, 0.1) is 0 Å². The van der Waals surface area contributed by atoms with Crippen LogP contribution >= 0.6 is 0 Å². The molecule has 0 spiro atoms. The quantitative estimate of drug-likeness (QED) is 0.522. The molecule has 0 N–H and O–H groups in total. The number of aliphatic imine (C=N–C) groups is 1. The predicted octanol–water partition coefficient (Wildman–Crippen LogP) is 3.46. The van der Waals surface area contributed by atoms with E-state index >= 15 is 0 Å². The van der Waals surface area contributed by atoms with E-state index in [1.165, 1.54) is 24.8 Å². The first-order chi connectivity index (χ1) is 7.45. The van der Waals surface area contributed by atoms with Gasteiger partial charge >= 0.3 is 0 Å². The Labute approximate surface area is 91.6 Å². The van der Waals surface area contributed by atoms with Crippen molar-refractivity contribution in [2.45, 2.75) is 19.3 Å². The second kappa shape index (κ2) is 5.50. The first kappa shape index (κ1) is 10.2. The molecule has 0 amide bonds. The minimum atomic E-state index is 0.759. The van der Waals surface area contributed by atoms with Crippen LogP contribution < -0.4 is 0 Å². The molecule has 0 fully saturated rings. The predicted molar refractivity (Wildman–Crippen MR) is 65.4 cm³/mol. The molecule has 1 aromatic rings. The van der Waals surface area contributed by atoms with Gasteiger partial charge in [-0.15, -0.1) is 0 Å². The molecule has 0 bridgehead atoms. The summed E-state index contributed by atoms with van der Waals surface area (Å²) < 4.78 is 0. The Morgan fingerprint density at radius 1 is 1.20 bits per heavy atom. The fourth-order valence-electron chi connectivity index (χ4n) is 1.87. The molecule has 1 heteroatoms. The van der Waals surface area contributed by atoms with Gasteiger partial charge in [-0.05, 0) is 30.7 Å². The molecule has 0 heterocycles. The molecule has 1 aliphatic rings. The van der Waals surface area contributed by atoms with E-state index in [0.717, 1.165) is 12.5 Å². The molecular weight excluding hydrogens is 182 g/mol. The first-order valence-corrected chi connectivity index (χ1v) is 5.65. The van der Waals surface area contributed by atoms with Crippen molar-refractivity contribution in [2.24, 2.45) is 10.9 Å². The van der Waals surface area contributed by atoms with Crippen molar-refractivity contribution in [1.82, 2.24) is 0 Å². The summed E-state index contributed by atoms with van der Waals surface area (Å²) in [5.74, 6) is 0.759. The normalized spacial score (nSPS) is 20.9. The van der Waals surface area contributed by atoms with Gasteiger partial charge in [0.2, 0.25) is 0 Å². The molecule has 15 heavy (non-hydrogen) atoms. The molecule has 0 saturated heterocycles. The minimum absolute atomic E-state index is 0.759. The average molecular weight is 199 g/mol. The van der Waals surface area contributed by atoms with E-state index in [4.69, 9.17) is 0 Å². The average Bonchev–Trinajstić information content (AvgIpc) is 2.32. The Hall–Kier alpha value is -1.37. The SMILES string of the molecule is C1=CCC(C/N=C\c2ccccc2)CC1. The van der Waals surface area contributed by atoms with Crippen LogP contribution in [0.3, 0.4) is 0 Å². The fourth-order valence-corrected chi connectivity index (χ4v) is 1.87. The van der Waals surface area contributed by atoms with Gasteiger partial charge in [-0.2, -0.15) is 0 Å². The van der Waals surface area contributed by atoms with Crippen LogP contribution in [0.1, 0.15) is 24.8 Å². The summed E-state index contributed by atoms with van der Waals surface area (Å²) in [6, 6.07) is 10.3. The summed E-state index contributed by atoms with van der Waals surface area (Å²) in [6.45, 7) is 0.971. The largest absolute Gasteiger partial charge is 0.292 e. The van der Waals surface area contributed by atoms with E-state index in [2.05, 4.69) is 29.3 Å². The van der Waals surface area contributed by atoms with Gasteiger partial charge in [0, 0.05) is 12.8 Å². The van der Waals surface area contributed by atoms with Crippen molar-refractivity contribution in [2.75, 3.05) is 6.54 Å². The molecule has 1 nitrogen and oxygen atoms in total. The molecular formula is C14H17N. The lowest BCUT2D eigenvalue weighted by Gasteiger charge is -2.14. The number of nitrogens with zero attached hydrogens (tertiary/aromatic N) is 1. The third-order valence-corrected chi connectivity index (χ3v) is 2.78. The maximum Gasteiger partial charge on any atom is 0.0420 e. The van der Waals surface area contributed by atoms with Crippen LogP contribution in [-0.4, -0.2) is 12.8 Å². The second-order valence-electron chi connectivity index (χ2n) is 4.06. The van der Waals surface area contributed by atoms with Crippen LogP contribution in [0.5, 0.6) is 0 Å². The van der Waals surface area contributed by atoms with Crippen LogP contribution in [0, 0.1) is 5.92 Å². The van der Waals surface area contributed by atoms with Crippen LogP contribution in [0.15, 0.2) is 47.5 Å². The van der Waals surface area contributed by atoms with Crippen LogP contribution in [0.2, 0.25) is 0 Å². The lowest BCUT2D eigenvalue weighted by Crippen LogP contribution is -2.06. The zero-order valence-electron chi connectivity index (χ0n) is 8.97. The van der Waals surface area contributed by atoms with Crippen LogP contribution in [0.4, 0.5) is 0 Å². The summed E-state index contributed by atoms with van der Waals surface area (Å²) >= 11 is 0. The molecule has 2 rings (SSSR count). The smallest absolute Gasteiger partial charge is 0.0420 e. The van der Waals surface area contributed by atoms with Gasteiger partial charge in [0.15, 0.2) is 0 Å². The van der Waals surface area contributed by atoms with E-state index in [1.807, 2.05) is 24.4 Å². The molecule has 0 saturated carbocycles. The highest BCUT2D eigenvalue weighted by atomic mass is 14.7. The standard InChI is InChI=1S/C14H17N/c1-3-7-13(8-4-1)11-15-12-14-9-5-2-6-10-14/h1-5,7-8,11,14H,6,9-10,12H2/b15-11-. The number of allylic oxidation sites excluding steroid dienone is 2. The lowest BCUT2D eigenvalue weighted by molar-refractivity contribution is 0.493. The molecule has 0 aliphatic heterocycles. The molecule has 1 atom stereocenters. The van der Waals surface area contributed by atoms with Crippen molar-refractivity contribution in [3.8, 4) is 0 Å². The minimum Gasteiger partial charge on any atom is -0.292 e. The van der Waals surface area contributed by atoms with Gasteiger partial charge in [-0.3, -0.25) is 4.99 Å². The highest BCUT2D eigenvalue weighted by Crippen LogP contribution is 2.17. The van der Waals surface area contributed by atoms with Gasteiger partial charge in [-0.1, -0.05) is 42.5 Å². The Morgan fingerprint density at radius 3 is 2.80 bits per heavy atom. The highest BCUT2D eigenvalue weighted by molar-refractivity contribution is 5.79. The summed E-state index contributed by atoms with van der Waals surface area (Å²) in [6.07, 6.45) is 10.3. The Bertz CT molecular complexity index is 338. The van der Waals surface area contributed by atoms with E-state index < -0.39 is 0 Å². The Kier molecular flexibility index (Phi) is 3.72. The number of benzene rings is 1. The van der Waals surface area contributed by atoms with Gasteiger partial charge < -0.3 is 0 Å². The highest BCUT2D eigenvalue weighted by Gasteiger charge is 2.07. The van der Waals surface area contributed by atoms with Gasteiger partial charge in [0.25, 0.3) is 0 Å². The molecule has 78 valence electrons. The molecule has 1 aromatic carbocycles. The van der Waals surface area contributed by atoms with E-state index in [9.17, 15) is 0 Å². The van der Waals surface area contributed by atoms with Crippen LogP contribution in [-0.2, 0) is 0 Å². The molecule has 0 radical (unpaired) electrons. The maximum absolute atomic E-state index is 4.51. The third-order valence-electron chi connectivity index (χ3n) is 2.78. The van der Waals surface area contributed by atoms with E-state index in [1.54, 1.807) is 0 Å². The van der Waals surface area contributed by atoms with E-state index in [-0.39, 0.29) is 0 Å². The number of hydrogen-bond acceptors (Lipinski definition) is 1. The lowest BCUT2D eigenvalue weighted by atomic mass is 9.95. The summed E-state index contributed by atoms with van der Waals surface area (Å²) in [7, 11) is 0. The summed E-state index contributed by atoms with van der Waals surface area (Å²) in [5, 5.41) is 0. The van der Waals surface area contributed by atoms with E-state index in [0.29, 0.717) is 0 Å². The van der Waals surface area contributed by atoms with Crippen molar-refractivity contribution in [3.63, 3.8) is 0 Å². The third kappa shape index (κ3) is 3.35. The van der Waals surface area contributed by atoms with Crippen molar-refractivity contribution in [3.05, 3.63) is 48.0 Å². The van der Waals surface area contributed by atoms with Crippen molar-refractivity contribution in [1.29, 1.82) is 0 Å². The van der Waals surface area contributed by atoms with Gasteiger partial charge in [-0.25, -0.2) is 0 Å².